The molecule has 0 N–H and O–H groups in total. The molecule has 0 heterocycles. The van der Waals surface area contributed by atoms with Gasteiger partial charge in [0.2, 0.25) is 0 Å². The van der Waals surface area contributed by atoms with E-state index in [-0.39, 0.29) is 17.1 Å². The van der Waals surface area contributed by atoms with Crippen LogP contribution in [0.4, 0.5) is 0 Å². The fourth-order valence-electron chi connectivity index (χ4n) is 3.41. The Labute approximate surface area is 115 Å². The summed E-state index contributed by atoms with van der Waals surface area (Å²) in [6, 6.07) is 7.34. The molecule has 1 aliphatic carbocycles. The third kappa shape index (κ3) is 2.61. The van der Waals surface area contributed by atoms with Crippen LogP contribution in [-0.4, -0.2) is 5.78 Å². The first-order chi connectivity index (χ1) is 8.42. The van der Waals surface area contributed by atoms with Crippen molar-refractivity contribution in [3.63, 3.8) is 0 Å². The van der Waals surface area contributed by atoms with E-state index in [1.807, 2.05) is 18.2 Å². The van der Waals surface area contributed by atoms with E-state index in [2.05, 4.69) is 20.8 Å². The molecule has 0 amide bonds. The molecular formula is C16H21ClO. The van der Waals surface area contributed by atoms with Crippen LogP contribution in [-0.2, 0) is 0 Å². The maximum atomic E-state index is 12.7. The Morgan fingerprint density at radius 2 is 2.11 bits per heavy atom. The van der Waals surface area contributed by atoms with E-state index in [0.29, 0.717) is 10.9 Å². The van der Waals surface area contributed by atoms with Gasteiger partial charge in [0, 0.05) is 16.5 Å². The number of halogens is 1. The number of carbonyl (C=O) groups is 1. The van der Waals surface area contributed by atoms with E-state index < -0.39 is 0 Å². The van der Waals surface area contributed by atoms with Crippen LogP contribution in [0.1, 0.15) is 50.4 Å². The molecule has 0 spiro atoms. The van der Waals surface area contributed by atoms with E-state index in [9.17, 15) is 4.79 Å². The highest BCUT2D eigenvalue weighted by atomic mass is 35.5. The molecule has 0 bridgehead atoms. The van der Waals surface area contributed by atoms with Crippen LogP contribution >= 0.6 is 11.6 Å². The Hall–Kier alpha value is -0.820. The van der Waals surface area contributed by atoms with E-state index in [1.54, 1.807) is 6.07 Å². The van der Waals surface area contributed by atoms with Crippen LogP contribution < -0.4 is 0 Å². The molecule has 2 heteroatoms. The van der Waals surface area contributed by atoms with E-state index in [0.717, 1.165) is 18.4 Å². The molecule has 1 nitrogen and oxygen atoms in total. The van der Waals surface area contributed by atoms with Crippen LogP contribution in [0, 0.1) is 17.3 Å². The molecule has 0 unspecified atom stereocenters. The van der Waals surface area contributed by atoms with Crippen molar-refractivity contribution in [2.45, 2.75) is 40.0 Å². The maximum absolute atomic E-state index is 12.7. The first kappa shape index (κ1) is 13.6. The molecule has 1 fully saturated rings. The number of rotatable bonds is 2. The number of carbonyl (C=O) groups excluding carboxylic acids is 1. The Morgan fingerprint density at radius 1 is 1.39 bits per heavy atom. The minimum Gasteiger partial charge on any atom is -0.294 e. The molecule has 0 aromatic heterocycles. The van der Waals surface area contributed by atoms with E-state index in [4.69, 9.17) is 11.6 Å². The topological polar surface area (TPSA) is 17.1 Å². The molecule has 2 rings (SSSR count). The van der Waals surface area contributed by atoms with E-state index >= 15 is 0 Å². The van der Waals surface area contributed by atoms with Gasteiger partial charge >= 0.3 is 0 Å². The van der Waals surface area contributed by atoms with Crippen molar-refractivity contribution in [2.24, 2.45) is 17.3 Å². The average molecular weight is 265 g/mol. The predicted molar refractivity (Wildman–Crippen MR) is 76.1 cm³/mol. The third-order valence-electron chi connectivity index (χ3n) is 4.28. The minimum atomic E-state index is 0.0943. The summed E-state index contributed by atoms with van der Waals surface area (Å²) in [6.45, 7) is 6.64. The van der Waals surface area contributed by atoms with Gasteiger partial charge in [0.15, 0.2) is 5.78 Å². The first-order valence-corrected chi connectivity index (χ1v) is 7.09. The molecule has 1 aliphatic rings. The van der Waals surface area contributed by atoms with Gasteiger partial charge in [-0.1, -0.05) is 50.9 Å². The lowest BCUT2D eigenvalue weighted by Crippen LogP contribution is -2.39. The summed E-state index contributed by atoms with van der Waals surface area (Å²) in [5, 5.41) is 0.641. The third-order valence-corrected chi connectivity index (χ3v) is 4.52. The standard InChI is InChI=1S/C16H21ClO/c1-11-6-5-9-16(2,3)14(11)15(18)12-7-4-8-13(17)10-12/h4,7-8,10-11,14H,5-6,9H2,1-3H3/t11-,14+/m0/s1. The quantitative estimate of drug-likeness (QED) is 0.688. The summed E-state index contributed by atoms with van der Waals surface area (Å²) in [4.78, 5) is 12.7. The van der Waals surface area contributed by atoms with Gasteiger partial charge in [-0.25, -0.2) is 0 Å². The second-order valence-electron chi connectivity index (χ2n) is 6.21. The predicted octanol–water partition coefficient (Wildman–Crippen LogP) is 4.99. The van der Waals surface area contributed by atoms with Crippen LogP contribution in [0.5, 0.6) is 0 Å². The number of Topliss-reactive ketones (excluding diaryl/α,β-unsaturated/α-hetero) is 1. The fraction of sp³-hybridized carbons (Fsp3) is 0.562. The van der Waals surface area contributed by atoms with Crippen molar-refractivity contribution in [1.29, 1.82) is 0 Å². The molecule has 0 aliphatic heterocycles. The lowest BCUT2D eigenvalue weighted by molar-refractivity contribution is 0.0539. The van der Waals surface area contributed by atoms with Crippen LogP contribution in [0.3, 0.4) is 0 Å². The van der Waals surface area contributed by atoms with Gasteiger partial charge in [-0.3, -0.25) is 4.79 Å². The van der Waals surface area contributed by atoms with Gasteiger partial charge < -0.3 is 0 Å². The lowest BCUT2D eigenvalue weighted by atomic mass is 9.62. The fourth-order valence-corrected chi connectivity index (χ4v) is 3.60. The van der Waals surface area contributed by atoms with Gasteiger partial charge in [-0.15, -0.1) is 0 Å². The van der Waals surface area contributed by atoms with Crippen molar-refractivity contribution in [3.05, 3.63) is 34.9 Å². The monoisotopic (exact) mass is 264 g/mol. The Morgan fingerprint density at radius 3 is 2.72 bits per heavy atom. The number of hydrogen-bond donors (Lipinski definition) is 0. The Balaban J connectivity index is 2.31. The van der Waals surface area contributed by atoms with Crippen molar-refractivity contribution < 1.29 is 4.79 Å². The van der Waals surface area contributed by atoms with Crippen LogP contribution in [0.2, 0.25) is 5.02 Å². The summed E-state index contributed by atoms with van der Waals surface area (Å²) in [5.74, 6) is 0.833. The SMILES string of the molecule is C[C@H]1CCCC(C)(C)[C@H]1C(=O)c1cccc(Cl)c1. The molecule has 1 aromatic rings. The molecule has 1 aromatic carbocycles. The van der Waals surface area contributed by atoms with E-state index in [1.165, 1.54) is 6.42 Å². The summed E-state index contributed by atoms with van der Waals surface area (Å²) in [7, 11) is 0. The highest BCUT2D eigenvalue weighted by Gasteiger charge is 2.41. The van der Waals surface area contributed by atoms with Crippen molar-refractivity contribution >= 4 is 17.4 Å². The van der Waals surface area contributed by atoms with Gasteiger partial charge in [0.1, 0.15) is 0 Å². The average Bonchev–Trinajstić information content (AvgIpc) is 2.27. The molecule has 0 radical (unpaired) electrons. The van der Waals surface area contributed by atoms with Crippen molar-refractivity contribution in [2.75, 3.05) is 0 Å². The molecule has 2 atom stereocenters. The second kappa shape index (κ2) is 5.05. The summed E-state index contributed by atoms with van der Waals surface area (Å²) >= 11 is 5.98. The van der Waals surface area contributed by atoms with Gasteiger partial charge in [0.25, 0.3) is 0 Å². The summed E-state index contributed by atoms with van der Waals surface area (Å²) in [6.07, 6.45) is 3.52. The molecule has 0 saturated heterocycles. The molecule has 1 saturated carbocycles. The van der Waals surface area contributed by atoms with Crippen molar-refractivity contribution in [1.82, 2.24) is 0 Å². The molecule has 98 valence electrons. The zero-order chi connectivity index (χ0) is 13.3. The van der Waals surface area contributed by atoms with Crippen LogP contribution in [0.25, 0.3) is 0 Å². The number of hydrogen-bond acceptors (Lipinski definition) is 1. The highest BCUT2D eigenvalue weighted by Crippen LogP contribution is 2.45. The summed E-state index contributed by atoms with van der Waals surface area (Å²) in [5.41, 5.74) is 0.853. The maximum Gasteiger partial charge on any atom is 0.166 e. The largest absolute Gasteiger partial charge is 0.294 e. The normalized spacial score (nSPS) is 26.9. The van der Waals surface area contributed by atoms with Gasteiger partial charge in [-0.05, 0) is 36.3 Å². The zero-order valence-electron chi connectivity index (χ0n) is 11.4. The Bertz CT molecular complexity index is 450. The smallest absolute Gasteiger partial charge is 0.166 e. The summed E-state index contributed by atoms with van der Waals surface area (Å²) < 4.78 is 0. The molecule has 18 heavy (non-hydrogen) atoms. The number of benzene rings is 1. The van der Waals surface area contributed by atoms with Crippen LogP contribution in [0.15, 0.2) is 24.3 Å². The minimum absolute atomic E-state index is 0.0943. The molecular weight excluding hydrogens is 244 g/mol. The first-order valence-electron chi connectivity index (χ1n) is 6.71. The zero-order valence-corrected chi connectivity index (χ0v) is 12.1. The number of ketones is 1. The lowest BCUT2D eigenvalue weighted by Gasteiger charge is -2.42. The van der Waals surface area contributed by atoms with Crippen molar-refractivity contribution in [3.8, 4) is 0 Å². The van der Waals surface area contributed by atoms with Gasteiger partial charge in [0.05, 0.1) is 0 Å². The Kier molecular flexibility index (Phi) is 3.82. The highest BCUT2D eigenvalue weighted by molar-refractivity contribution is 6.31. The van der Waals surface area contributed by atoms with Gasteiger partial charge in [-0.2, -0.15) is 0 Å². The second-order valence-corrected chi connectivity index (χ2v) is 6.65.